The van der Waals surface area contributed by atoms with Crippen molar-refractivity contribution in [2.75, 3.05) is 18.5 Å². The van der Waals surface area contributed by atoms with E-state index in [1.807, 2.05) is 10.8 Å². The van der Waals surface area contributed by atoms with E-state index in [9.17, 15) is 14.9 Å². The lowest BCUT2D eigenvalue weighted by molar-refractivity contribution is -0.385. The van der Waals surface area contributed by atoms with Gasteiger partial charge in [-0.05, 0) is 18.6 Å². The molecule has 9 nitrogen and oxygen atoms in total. The third-order valence-electron chi connectivity index (χ3n) is 3.71. The Morgan fingerprint density at radius 2 is 2.17 bits per heavy atom. The zero-order valence-electron chi connectivity index (χ0n) is 13.1. The largest absolute Gasteiger partial charge is 0.376 e. The summed E-state index contributed by atoms with van der Waals surface area (Å²) in [6, 6.07) is 5.01. The van der Waals surface area contributed by atoms with Crippen LogP contribution in [-0.2, 0) is 6.54 Å². The molecule has 0 aliphatic rings. The van der Waals surface area contributed by atoms with Crippen molar-refractivity contribution in [1.29, 1.82) is 0 Å². The van der Waals surface area contributed by atoms with Gasteiger partial charge < -0.3 is 9.47 Å². The van der Waals surface area contributed by atoms with Crippen LogP contribution in [0.3, 0.4) is 0 Å². The Morgan fingerprint density at radius 3 is 2.88 bits per heavy atom. The van der Waals surface area contributed by atoms with E-state index in [-0.39, 0.29) is 5.82 Å². The predicted molar refractivity (Wildman–Crippen MR) is 88.2 cm³/mol. The van der Waals surface area contributed by atoms with E-state index in [4.69, 9.17) is 0 Å². The topological polar surface area (TPSA) is 98.6 Å². The monoisotopic (exact) mass is 328 g/mol. The maximum absolute atomic E-state index is 12.4. The normalized spacial score (nSPS) is 10.9. The van der Waals surface area contributed by atoms with Gasteiger partial charge in [-0.2, -0.15) is 0 Å². The Bertz CT molecular complexity index is 919. The first kappa shape index (κ1) is 15.7. The SMILES string of the molecule is CN(CCCn1ccnc1)c1nc2ccccn2c(=O)c1[N+](=O)[O-]. The highest BCUT2D eigenvalue weighted by molar-refractivity contribution is 5.61. The highest BCUT2D eigenvalue weighted by Crippen LogP contribution is 2.21. The zero-order valence-corrected chi connectivity index (χ0v) is 13.1. The molecule has 9 heteroatoms. The fourth-order valence-corrected chi connectivity index (χ4v) is 2.51. The standard InChI is InChI=1S/C15H16N6O3/c1-18(7-4-8-19-10-6-16-11-19)14-13(21(23)24)15(22)20-9-3-2-5-12(20)17-14/h2-3,5-6,9-11H,4,7-8H2,1H3. The van der Waals surface area contributed by atoms with E-state index in [2.05, 4.69) is 9.97 Å². The van der Waals surface area contributed by atoms with Gasteiger partial charge in [0.2, 0.25) is 5.82 Å². The first-order valence-corrected chi connectivity index (χ1v) is 7.40. The molecule has 24 heavy (non-hydrogen) atoms. The van der Waals surface area contributed by atoms with E-state index >= 15 is 0 Å². The van der Waals surface area contributed by atoms with E-state index < -0.39 is 16.2 Å². The Balaban J connectivity index is 1.90. The van der Waals surface area contributed by atoms with Gasteiger partial charge in [-0.3, -0.25) is 19.3 Å². The molecule has 0 bridgehead atoms. The number of hydrogen-bond donors (Lipinski definition) is 0. The lowest BCUT2D eigenvalue weighted by atomic mass is 10.3. The molecule has 3 heterocycles. The number of imidazole rings is 1. The van der Waals surface area contributed by atoms with Gasteiger partial charge in [0.1, 0.15) is 5.65 Å². The van der Waals surface area contributed by atoms with E-state index in [0.717, 1.165) is 13.0 Å². The van der Waals surface area contributed by atoms with Crippen molar-refractivity contribution in [3.8, 4) is 0 Å². The lowest BCUT2D eigenvalue weighted by Crippen LogP contribution is -2.27. The fourth-order valence-electron chi connectivity index (χ4n) is 2.51. The highest BCUT2D eigenvalue weighted by Gasteiger charge is 2.25. The van der Waals surface area contributed by atoms with E-state index in [1.165, 1.54) is 10.6 Å². The zero-order chi connectivity index (χ0) is 17.1. The van der Waals surface area contributed by atoms with Crippen LogP contribution < -0.4 is 10.5 Å². The third-order valence-corrected chi connectivity index (χ3v) is 3.71. The number of nitrogens with zero attached hydrogens (tertiary/aromatic N) is 6. The van der Waals surface area contributed by atoms with Crippen molar-refractivity contribution < 1.29 is 4.92 Å². The minimum absolute atomic E-state index is 0.0850. The van der Waals surface area contributed by atoms with Crippen molar-refractivity contribution in [1.82, 2.24) is 18.9 Å². The third kappa shape index (κ3) is 2.96. The summed E-state index contributed by atoms with van der Waals surface area (Å²) in [6.07, 6.45) is 7.47. The quantitative estimate of drug-likeness (QED) is 0.500. The van der Waals surface area contributed by atoms with Crippen molar-refractivity contribution in [3.05, 3.63) is 63.6 Å². The molecular formula is C15H16N6O3. The van der Waals surface area contributed by atoms with Gasteiger partial charge in [-0.25, -0.2) is 9.97 Å². The van der Waals surface area contributed by atoms with Crippen LogP contribution in [0.25, 0.3) is 5.65 Å². The molecule has 3 aromatic rings. The van der Waals surface area contributed by atoms with Gasteiger partial charge in [0.05, 0.1) is 11.3 Å². The average molecular weight is 328 g/mol. The van der Waals surface area contributed by atoms with Crippen LogP contribution >= 0.6 is 0 Å². The van der Waals surface area contributed by atoms with Crippen LogP contribution in [0.15, 0.2) is 47.9 Å². The molecule has 0 aromatic carbocycles. The summed E-state index contributed by atoms with van der Waals surface area (Å²) in [5.74, 6) is 0.0850. The molecule has 0 saturated carbocycles. The summed E-state index contributed by atoms with van der Waals surface area (Å²) >= 11 is 0. The molecule has 0 spiro atoms. The number of fused-ring (bicyclic) bond motifs is 1. The van der Waals surface area contributed by atoms with Crippen LogP contribution in [0.1, 0.15) is 6.42 Å². The Labute approximate surface area is 137 Å². The number of pyridine rings is 1. The minimum atomic E-state index is -0.679. The van der Waals surface area contributed by atoms with E-state index in [1.54, 1.807) is 42.7 Å². The summed E-state index contributed by atoms with van der Waals surface area (Å²) in [6.45, 7) is 1.25. The average Bonchev–Trinajstić information content (AvgIpc) is 3.07. The highest BCUT2D eigenvalue weighted by atomic mass is 16.6. The second kappa shape index (κ2) is 6.49. The number of nitro groups is 1. The fraction of sp³-hybridized carbons (Fsp3) is 0.267. The molecule has 0 radical (unpaired) electrons. The number of anilines is 1. The summed E-state index contributed by atoms with van der Waals surface area (Å²) in [5.41, 5.74) is -0.810. The Morgan fingerprint density at radius 1 is 1.33 bits per heavy atom. The summed E-state index contributed by atoms with van der Waals surface area (Å²) in [4.78, 5) is 33.0. The van der Waals surface area contributed by atoms with Gasteiger partial charge >= 0.3 is 11.2 Å². The van der Waals surface area contributed by atoms with Crippen molar-refractivity contribution in [3.63, 3.8) is 0 Å². The molecule has 0 aliphatic carbocycles. The Hall–Kier alpha value is -3.23. The van der Waals surface area contributed by atoms with Gasteiger partial charge in [0.15, 0.2) is 0 Å². The van der Waals surface area contributed by atoms with Crippen molar-refractivity contribution >= 4 is 17.2 Å². The summed E-state index contributed by atoms with van der Waals surface area (Å²) in [5, 5.41) is 11.4. The number of rotatable bonds is 6. The second-order valence-corrected chi connectivity index (χ2v) is 5.35. The molecule has 0 amide bonds. The maximum Gasteiger partial charge on any atom is 0.376 e. The van der Waals surface area contributed by atoms with Crippen LogP contribution in [0.2, 0.25) is 0 Å². The number of aryl methyl sites for hydroxylation is 1. The Kier molecular flexibility index (Phi) is 4.23. The summed E-state index contributed by atoms with van der Waals surface area (Å²) < 4.78 is 3.10. The van der Waals surface area contributed by atoms with Crippen LogP contribution in [0.4, 0.5) is 11.5 Å². The lowest BCUT2D eigenvalue weighted by Gasteiger charge is -2.18. The van der Waals surface area contributed by atoms with E-state index in [0.29, 0.717) is 12.2 Å². The number of aromatic nitrogens is 4. The molecule has 3 rings (SSSR count). The summed E-state index contributed by atoms with van der Waals surface area (Å²) in [7, 11) is 1.70. The van der Waals surface area contributed by atoms with Gasteiger partial charge in [-0.1, -0.05) is 6.07 Å². The molecule has 0 saturated heterocycles. The molecular weight excluding hydrogens is 312 g/mol. The molecule has 0 aliphatic heterocycles. The molecule has 0 atom stereocenters. The van der Waals surface area contributed by atoms with Crippen LogP contribution in [0.5, 0.6) is 0 Å². The minimum Gasteiger partial charge on any atom is -0.354 e. The van der Waals surface area contributed by atoms with Gasteiger partial charge in [-0.15, -0.1) is 0 Å². The van der Waals surface area contributed by atoms with Crippen molar-refractivity contribution in [2.45, 2.75) is 13.0 Å². The smallest absolute Gasteiger partial charge is 0.354 e. The number of hydrogen-bond acceptors (Lipinski definition) is 6. The van der Waals surface area contributed by atoms with Crippen LogP contribution in [0, 0.1) is 10.1 Å². The first-order chi connectivity index (χ1) is 11.6. The molecule has 0 N–H and O–H groups in total. The second-order valence-electron chi connectivity index (χ2n) is 5.35. The predicted octanol–water partition coefficient (Wildman–Crippen LogP) is 1.33. The maximum atomic E-state index is 12.4. The van der Waals surface area contributed by atoms with Gasteiger partial charge in [0, 0.05) is 38.7 Å². The van der Waals surface area contributed by atoms with Crippen LogP contribution in [-0.4, -0.2) is 37.5 Å². The molecule has 0 unspecified atom stereocenters. The molecule has 124 valence electrons. The van der Waals surface area contributed by atoms with Crippen molar-refractivity contribution in [2.24, 2.45) is 0 Å². The molecule has 0 fully saturated rings. The van der Waals surface area contributed by atoms with Gasteiger partial charge in [0.25, 0.3) is 0 Å². The first-order valence-electron chi connectivity index (χ1n) is 7.40. The molecule has 3 aromatic heterocycles.